The van der Waals surface area contributed by atoms with E-state index in [0.717, 1.165) is 61.0 Å². The minimum absolute atomic E-state index is 0.304. The summed E-state index contributed by atoms with van der Waals surface area (Å²) in [6.45, 7) is 13.4. The Morgan fingerprint density at radius 2 is 1.97 bits per heavy atom. The van der Waals surface area contributed by atoms with Gasteiger partial charge in [-0.15, -0.1) is 0 Å². The predicted octanol–water partition coefficient (Wildman–Crippen LogP) is 5.16. The summed E-state index contributed by atoms with van der Waals surface area (Å²) in [5.41, 5.74) is 1.35. The van der Waals surface area contributed by atoms with Gasteiger partial charge in [0.2, 0.25) is 0 Å². The van der Waals surface area contributed by atoms with Crippen LogP contribution in [-0.2, 0) is 14.2 Å². The Morgan fingerprint density at radius 1 is 1.22 bits per heavy atom. The number of nitrogens with zero attached hydrogens (tertiary/aromatic N) is 2. The number of ether oxygens (including phenoxy) is 4. The quantitative estimate of drug-likeness (QED) is 0.187. The van der Waals surface area contributed by atoms with Crippen LogP contribution in [0, 0.1) is 5.41 Å². The van der Waals surface area contributed by atoms with E-state index in [1.165, 1.54) is 12.8 Å². The van der Waals surface area contributed by atoms with E-state index in [9.17, 15) is 0 Å². The van der Waals surface area contributed by atoms with Crippen molar-refractivity contribution >= 4 is 23.8 Å². The molecule has 0 atom stereocenters. The van der Waals surface area contributed by atoms with Crippen molar-refractivity contribution in [2.45, 2.75) is 53.4 Å². The molecule has 1 aromatic heterocycles. The number of hydrogen-bond acceptors (Lipinski definition) is 6. The molecule has 1 fully saturated rings. The highest BCUT2D eigenvalue weighted by Crippen LogP contribution is 2.30. The van der Waals surface area contributed by atoms with Crippen molar-refractivity contribution in [2.75, 3.05) is 53.7 Å². The lowest BCUT2D eigenvalue weighted by atomic mass is 9.81. The average molecular weight is 533 g/mol. The maximum absolute atomic E-state index is 6.36. The normalized spacial score (nSPS) is 18.3. The first kappa shape index (κ1) is 30.9. The highest BCUT2D eigenvalue weighted by molar-refractivity contribution is 6.31. The lowest BCUT2D eigenvalue weighted by Gasteiger charge is -2.38. The van der Waals surface area contributed by atoms with Crippen molar-refractivity contribution in [3.63, 3.8) is 0 Å². The van der Waals surface area contributed by atoms with Crippen LogP contribution in [0.5, 0.6) is 5.75 Å². The van der Waals surface area contributed by atoms with E-state index in [-0.39, 0.29) is 0 Å². The molecule has 1 saturated heterocycles. The number of rotatable bonds is 14. The van der Waals surface area contributed by atoms with Crippen LogP contribution in [-0.4, -0.2) is 63.6 Å². The highest BCUT2D eigenvalue weighted by Gasteiger charge is 2.29. The van der Waals surface area contributed by atoms with Gasteiger partial charge in [-0.2, -0.15) is 0 Å². The molecule has 0 N–H and O–H groups in total. The van der Waals surface area contributed by atoms with Crippen LogP contribution in [0.25, 0.3) is 12.2 Å². The summed E-state index contributed by atoms with van der Waals surface area (Å²) in [6, 6.07) is 1.86. The molecule has 0 aliphatic carbocycles. The second-order valence-corrected chi connectivity index (χ2v) is 10.1. The van der Waals surface area contributed by atoms with Crippen LogP contribution < -0.4 is 15.3 Å². The lowest BCUT2D eigenvalue weighted by Crippen LogP contribution is -2.41. The molecule has 2 heterocycles. The monoisotopic (exact) mass is 532 g/mol. The fourth-order valence-corrected chi connectivity index (χ4v) is 4.56. The van der Waals surface area contributed by atoms with E-state index in [0.29, 0.717) is 29.4 Å². The van der Waals surface area contributed by atoms with Gasteiger partial charge in [-0.1, -0.05) is 37.6 Å². The molecule has 1 aromatic rings. The molecular weight excluding hydrogens is 488 g/mol. The van der Waals surface area contributed by atoms with E-state index in [1.54, 1.807) is 26.7 Å². The van der Waals surface area contributed by atoms with Gasteiger partial charge in [0.25, 0.3) is 0 Å². The number of hydrogen-bond donors (Lipinski definition) is 0. The summed E-state index contributed by atoms with van der Waals surface area (Å²) in [5.74, 6) is 1.37. The van der Waals surface area contributed by atoms with Gasteiger partial charge < -0.3 is 23.8 Å². The molecule has 0 saturated carbocycles. The number of pyridine rings is 1. The van der Waals surface area contributed by atoms with Crippen molar-refractivity contribution in [3.8, 4) is 5.75 Å². The minimum Gasteiger partial charge on any atom is -0.501 e. The van der Waals surface area contributed by atoms with Gasteiger partial charge >= 0.3 is 0 Å². The van der Waals surface area contributed by atoms with Gasteiger partial charge in [-0.3, -0.25) is 4.98 Å². The number of piperidine rings is 1. The van der Waals surface area contributed by atoms with Crippen molar-refractivity contribution < 1.29 is 18.9 Å². The van der Waals surface area contributed by atoms with Crippen LogP contribution in [0.4, 0.5) is 0 Å². The zero-order valence-corrected chi connectivity index (χ0v) is 24.3. The minimum atomic E-state index is 0.304. The van der Waals surface area contributed by atoms with Crippen LogP contribution in [0.2, 0.25) is 0 Å². The fourth-order valence-electron chi connectivity index (χ4n) is 4.42. The molecule has 206 valence electrons. The topological polar surface area (TPSA) is 53.0 Å². The van der Waals surface area contributed by atoms with Gasteiger partial charge in [0.15, 0.2) is 5.76 Å². The van der Waals surface area contributed by atoms with E-state index < -0.39 is 0 Å². The molecule has 2 rings (SSSR count). The summed E-state index contributed by atoms with van der Waals surface area (Å²) in [4.78, 5) is 7.06. The van der Waals surface area contributed by atoms with E-state index >= 15 is 0 Å². The Morgan fingerprint density at radius 3 is 2.62 bits per heavy atom. The van der Waals surface area contributed by atoms with E-state index in [1.807, 2.05) is 38.1 Å². The Kier molecular flexibility index (Phi) is 13.8. The molecule has 0 bridgehead atoms. The third kappa shape index (κ3) is 10.5. The number of aromatic nitrogens is 1. The first-order valence-corrected chi connectivity index (χ1v) is 13.6. The molecule has 0 aromatic carbocycles. The van der Waals surface area contributed by atoms with Gasteiger partial charge in [-0.05, 0) is 75.8 Å². The van der Waals surface area contributed by atoms with E-state index in [2.05, 4.69) is 29.8 Å². The van der Waals surface area contributed by atoms with Crippen molar-refractivity contribution in [1.29, 1.82) is 0 Å². The lowest BCUT2D eigenvalue weighted by molar-refractivity contribution is 0.0325. The number of methoxy groups -OCH3 is 2. The van der Waals surface area contributed by atoms with Crippen molar-refractivity contribution in [3.05, 3.63) is 57.6 Å². The average Bonchev–Trinajstić information content (AvgIpc) is 2.88. The third-order valence-electron chi connectivity index (χ3n) is 6.61. The van der Waals surface area contributed by atoms with Crippen molar-refractivity contribution in [1.82, 2.24) is 9.88 Å². The Balaban J connectivity index is 1.99. The Hall–Kier alpha value is -2.28. The first-order chi connectivity index (χ1) is 17.9. The number of allylic oxidation sites excluding steroid dienone is 4. The second-order valence-electron chi connectivity index (χ2n) is 9.74. The molecule has 1 aliphatic rings. The Labute approximate surface area is 228 Å². The molecule has 7 heteroatoms. The van der Waals surface area contributed by atoms with Crippen LogP contribution in [0.1, 0.15) is 53.4 Å². The fraction of sp³-hybridized carbons (Fsp3) is 0.567. The predicted molar refractivity (Wildman–Crippen MR) is 153 cm³/mol. The number of halogens is 1. The third-order valence-corrected chi connectivity index (χ3v) is 7.07. The maximum Gasteiger partial charge on any atom is 0.155 e. The zero-order chi connectivity index (χ0) is 27.1. The smallest absolute Gasteiger partial charge is 0.155 e. The zero-order valence-electron chi connectivity index (χ0n) is 23.5. The van der Waals surface area contributed by atoms with Crippen LogP contribution in [0.15, 0.2) is 47.0 Å². The maximum atomic E-state index is 6.36. The van der Waals surface area contributed by atoms with Gasteiger partial charge in [-0.25, -0.2) is 0 Å². The van der Waals surface area contributed by atoms with Crippen molar-refractivity contribution in [2.24, 2.45) is 5.41 Å². The molecule has 0 spiro atoms. The van der Waals surface area contributed by atoms with Gasteiger partial charge in [0, 0.05) is 36.2 Å². The first-order valence-electron chi connectivity index (χ1n) is 13.2. The largest absolute Gasteiger partial charge is 0.501 e. The molecule has 0 amide bonds. The van der Waals surface area contributed by atoms with E-state index in [4.69, 9.17) is 30.5 Å². The standard InChI is InChI=1S/C30H45ClN2O4/c1-7-10-24(3)27(31)12-20-37-29-11-15-32-28(26(29)8-2)21-25(22-34-5)36-19-9-16-33-17-13-30(4,14-18-33)23-35-6/h8,10-12,15,21-22H,7,9,13-14,16-20,23H2,1-6H3/b24-10-,25-22-,26-8+,27-12+,28-21+. The number of likely N-dealkylation sites (tertiary alicyclic amines) is 1. The summed E-state index contributed by atoms with van der Waals surface area (Å²) in [5, 5.41) is 2.36. The summed E-state index contributed by atoms with van der Waals surface area (Å²) in [6.07, 6.45) is 15.4. The van der Waals surface area contributed by atoms with Crippen LogP contribution in [0.3, 0.4) is 0 Å². The molecule has 37 heavy (non-hydrogen) atoms. The molecule has 1 aliphatic heterocycles. The van der Waals surface area contributed by atoms with Gasteiger partial charge in [0.05, 0.1) is 25.7 Å². The SMILES string of the molecule is C/C=c1/c(OC/C=C(Cl)\C(C)=C/CC)ccn/c1=C/C(=C/OC)OCCCN1CCC(C)(COC)CC1. The molecule has 6 nitrogen and oxygen atoms in total. The molecular formula is C30H45ClN2O4. The molecule has 0 unspecified atom stereocenters. The summed E-state index contributed by atoms with van der Waals surface area (Å²) in [7, 11) is 3.41. The highest BCUT2D eigenvalue weighted by atomic mass is 35.5. The van der Waals surface area contributed by atoms with Gasteiger partial charge in [0.1, 0.15) is 18.6 Å². The molecule has 0 radical (unpaired) electrons. The summed E-state index contributed by atoms with van der Waals surface area (Å²) >= 11 is 6.36. The second kappa shape index (κ2) is 16.5. The van der Waals surface area contributed by atoms with Crippen LogP contribution >= 0.6 is 11.6 Å². The summed E-state index contributed by atoms with van der Waals surface area (Å²) < 4.78 is 22.8. The Bertz CT molecular complexity index is 1040.